The van der Waals surface area contributed by atoms with Crippen molar-refractivity contribution in [3.8, 4) is 11.5 Å². The second kappa shape index (κ2) is 29.3. The van der Waals surface area contributed by atoms with Crippen molar-refractivity contribution in [2.45, 2.75) is 102 Å². The van der Waals surface area contributed by atoms with E-state index < -0.39 is 181 Å². The Labute approximate surface area is 508 Å². The molecule has 3 fully saturated rings. The Kier molecular flexibility index (Phi) is 22.0. The summed E-state index contributed by atoms with van der Waals surface area (Å²) < 4.78 is 0. The maximum atomic E-state index is 14.7. The molecule has 7 rings (SSSR count). The topological polar surface area (TPSA) is 363 Å². The summed E-state index contributed by atoms with van der Waals surface area (Å²) in [5, 5.41) is 38.5. The normalized spacial score (nSPS) is 23.0. The SMILES string of the molecule is CC(C)[C@H]1C(=O)NCC(=O)N(C)CC(=O)N2CCCC[C@H]2C(=O)NC[C@@H](NC(=O)c2nc3ccccc3cc2O)C(=O)N(C)[C@@H](C(C)C)C(=O)NCC(=O)N(C)CC(=O)N2CCCC[C@H]2C(=O)NC[C@@H](NC(=O)c2nc3ccccc3cc2O)C(=O)N1C. The number of carbonyl (C=O) groups is 12. The Morgan fingerprint density at radius 1 is 0.511 bits per heavy atom. The van der Waals surface area contributed by atoms with E-state index in [9.17, 15) is 67.7 Å². The molecule has 5 heterocycles. The van der Waals surface area contributed by atoms with Gasteiger partial charge in [-0.15, -0.1) is 0 Å². The number of aromatic hydroxyl groups is 2. The lowest BCUT2D eigenvalue weighted by Gasteiger charge is -2.37. The van der Waals surface area contributed by atoms with Crippen LogP contribution in [-0.4, -0.2) is 237 Å². The van der Waals surface area contributed by atoms with Crippen LogP contribution in [0.1, 0.15) is 87.2 Å². The van der Waals surface area contributed by atoms with Gasteiger partial charge in [-0.25, -0.2) is 9.97 Å². The third-order valence-electron chi connectivity index (χ3n) is 16.0. The lowest BCUT2D eigenvalue weighted by Crippen LogP contribution is -2.61. The molecular weight excluding hydrogens is 1140 g/mol. The number of likely N-dealkylation sites (N-methyl/N-ethyl adjacent to an activating group) is 4. The van der Waals surface area contributed by atoms with Crippen LogP contribution in [0.5, 0.6) is 11.5 Å². The smallest absolute Gasteiger partial charge is 0.274 e. The molecule has 12 amide bonds. The molecule has 0 radical (unpaired) electrons. The Hall–Kier alpha value is -9.50. The van der Waals surface area contributed by atoms with E-state index in [-0.39, 0.29) is 25.9 Å². The molecular formula is C60H78N14O14. The van der Waals surface area contributed by atoms with Crippen molar-refractivity contribution in [2.24, 2.45) is 11.8 Å². The van der Waals surface area contributed by atoms with Gasteiger partial charge >= 0.3 is 0 Å². The fraction of sp³-hybridized carbons (Fsp3) is 0.500. The summed E-state index contributed by atoms with van der Waals surface area (Å²) in [6.07, 6.45) is 2.35. The van der Waals surface area contributed by atoms with Crippen molar-refractivity contribution in [3.05, 3.63) is 72.1 Å². The van der Waals surface area contributed by atoms with Gasteiger partial charge in [-0.05, 0) is 74.6 Å². The van der Waals surface area contributed by atoms with Crippen LogP contribution in [0.2, 0.25) is 0 Å². The van der Waals surface area contributed by atoms with Gasteiger partial charge in [-0.3, -0.25) is 57.5 Å². The molecule has 28 heteroatoms. The van der Waals surface area contributed by atoms with Gasteiger partial charge in [0.1, 0.15) is 47.8 Å². The van der Waals surface area contributed by atoms with Crippen molar-refractivity contribution in [3.63, 3.8) is 0 Å². The number of piperidine rings is 2. The number of nitrogens with one attached hydrogen (secondary N) is 6. The van der Waals surface area contributed by atoms with Gasteiger partial charge in [-0.1, -0.05) is 64.1 Å². The van der Waals surface area contributed by atoms with Crippen LogP contribution >= 0.6 is 0 Å². The quantitative estimate of drug-likeness (QED) is 0.117. The zero-order chi connectivity index (χ0) is 64.3. The monoisotopic (exact) mass is 1220 g/mol. The summed E-state index contributed by atoms with van der Waals surface area (Å²) in [6.45, 7) is 3.15. The first-order chi connectivity index (χ1) is 41.8. The highest BCUT2D eigenvalue weighted by molar-refractivity contribution is 6.03. The predicted octanol–water partition coefficient (Wildman–Crippen LogP) is -0.785. The lowest BCUT2D eigenvalue weighted by molar-refractivity contribution is -0.147. The number of carbonyl (C=O) groups excluding carboxylic acids is 12. The van der Waals surface area contributed by atoms with Crippen molar-refractivity contribution in [2.75, 3.05) is 80.5 Å². The van der Waals surface area contributed by atoms with E-state index in [0.717, 1.165) is 19.6 Å². The van der Waals surface area contributed by atoms with E-state index in [4.69, 9.17) is 0 Å². The number of rotatable bonds is 6. The minimum atomic E-state index is -1.63. The first-order valence-corrected chi connectivity index (χ1v) is 29.3. The van der Waals surface area contributed by atoms with Crippen LogP contribution in [0.15, 0.2) is 60.7 Å². The molecule has 0 bridgehead atoms. The average Bonchev–Trinajstić information content (AvgIpc) is 1.61. The molecule has 8 N–H and O–H groups in total. The second-order valence-corrected chi connectivity index (χ2v) is 23.0. The summed E-state index contributed by atoms with van der Waals surface area (Å²) in [5.41, 5.74) is -0.205. The molecule has 0 unspecified atom stereocenters. The standard InChI is InChI=1S/C60H78N14O14/c1-33(2)51-57(85)63-29-45(77)69(5)31-47(79)74-24-16-14-22-42(74)54(82)62-28-40(68-56(84)50-44(76)26-36-18-10-12-20-38(36)66-50)60(88)72(8)52(34(3)4)58(86)64-30-46(78)70(6)32-48(80)73-23-15-13-21-41(73)53(81)61-27-39(59(87)71(51)7)67-55(83)49-43(75)25-35-17-9-11-19-37(35)65-49/h9-12,17-20,25-26,33-34,39-42,51-52,75-76H,13-16,21-24,27-32H2,1-8H3,(H,61,81)(H,62,82)(H,63,85)(H,64,86)(H,67,83)(H,68,84)/t39-,40-,41+,42+,51+,52+/m1/s1. The number of hydrogen-bond acceptors (Lipinski definition) is 16. The van der Waals surface area contributed by atoms with Crippen molar-refractivity contribution in [1.82, 2.24) is 71.3 Å². The van der Waals surface area contributed by atoms with Gasteiger partial charge in [-0.2, -0.15) is 0 Å². The van der Waals surface area contributed by atoms with E-state index >= 15 is 0 Å². The van der Waals surface area contributed by atoms with Crippen molar-refractivity contribution < 1.29 is 67.7 Å². The lowest BCUT2D eigenvalue weighted by atomic mass is 10.00. The van der Waals surface area contributed by atoms with Gasteiger partial charge in [0, 0.05) is 65.1 Å². The summed E-state index contributed by atoms with van der Waals surface area (Å²) in [7, 11) is 5.21. The molecule has 3 saturated heterocycles. The third-order valence-corrected chi connectivity index (χ3v) is 16.0. The van der Waals surface area contributed by atoms with E-state index in [1.54, 1.807) is 76.2 Å². The van der Waals surface area contributed by atoms with Gasteiger partial charge in [0.05, 0.1) is 37.2 Å². The number of pyridine rings is 2. The summed E-state index contributed by atoms with van der Waals surface area (Å²) in [5.74, 6) is -11.9. The molecule has 3 aliphatic heterocycles. The minimum absolute atomic E-state index is 0.102. The summed E-state index contributed by atoms with van der Waals surface area (Å²) >= 11 is 0. The van der Waals surface area contributed by atoms with E-state index in [1.807, 2.05) is 0 Å². The first kappa shape index (κ1) is 66.0. The number of hydrogen-bond donors (Lipinski definition) is 8. The Morgan fingerprint density at radius 3 is 1.24 bits per heavy atom. The van der Waals surface area contributed by atoms with E-state index in [2.05, 4.69) is 41.9 Å². The fourth-order valence-corrected chi connectivity index (χ4v) is 11.2. The first-order valence-electron chi connectivity index (χ1n) is 29.3. The third kappa shape index (κ3) is 15.7. The number of para-hydroxylation sites is 2. The van der Waals surface area contributed by atoms with Crippen LogP contribution < -0.4 is 31.9 Å². The van der Waals surface area contributed by atoms with Gasteiger partial charge in [0.2, 0.25) is 59.1 Å². The van der Waals surface area contributed by atoms with Crippen LogP contribution in [0.25, 0.3) is 21.8 Å². The van der Waals surface area contributed by atoms with Gasteiger partial charge in [0.25, 0.3) is 11.8 Å². The molecule has 88 heavy (non-hydrogen) atoms. The maximum Gasteiger partial charge on any atom is 0.274 e. The molecule has 3 aliphatic rings. The number of benzene rings is 2. The molecule has 28 nitrogen and oxygen atoms in total. The number of amides is 12. The highest BCUT2D eigenvalue weighted by atomic mass is 16.3. The molecule has 0 saturated carbocycles. The van der Waals surface area contributed by atoms with Crippen molar-refractivity contribution >= 4 is 92.7 Å². The number of nitrogens with zero attached hydrogens (tertiary/aromatic N) is 8. The Morgan fingerprint density at radius 2 is 0.875 bits per heavy atom. The highest BCUT2D eigenvalue weighted by Gasteiger charge is 2.40. The Balaban J connectivity index is 1.17. The molecule has 2 aromatic carbocycles. The number of fused-ring (bicyclic) bond motifs is 4. The zero-order valence-corrected chi connectivity index (χ0v) is 50.7. The van der Waals surface area contributed by atoms with Crippen LogP contribution in [0.3, 0.4) is 0 Å². The molecule has 0 aliphatic carbocycles. The summed E-state index contributed by atoms with van der Waals surface area (Å²) in [6, 6.07) is 7.85. The molecule has 0 spiro atoms. The Bertz CT molecular complexity index is 3140. The second-order valence-electron chi connectivity index (χ2n) is 23.0. The zero-order valence-electron chi connectivity index (χ0n) is 50.7. The largest absolute Gasteiger partial charge is 0.505 e. The van der Waals surface area contributed by atoms with Crippen LogP contribution in [0, 0.1) is 11.8 Å². The molecule has 4 aromatic rings. The van der Waals surface area contributed by atoms with E-state index in [0.29, 0.717) is 47.5 Å². The van der Waals surface area contributed by atoms with Crippen LogP contribution in [0.4, 0.5) is 0 Å². The predicted molar refractivity (Wildman–Crippen MR) is 318 cm³/mol. The minimum Gasteiger partial charge on any atom is -0.505 e. The molecule has 2 aromatic heterocycles. The van der Waals surface area contributed by atoms with E-state index in [1.165, 1.54) is 50.1 Å². The van der Waals surface area contributed by atoms with Gasteiger partial charge < -0.3 is 71.5 Å². The van der Waals surface area contributed by atoms with Crippen LogP contribution in [-0.2, 0) is 47.9 Å². The fourth-order valence-electron chi connectivity index (χ4n) is 11.2. The molecule has 6 atom stereocenters. The average molecular weight is 1220 g/mol. The molecule has 472 valence electrons. The highest BCUT2D eigenvalue weighted by Crippen LogP contribution is 2.25. The number of aromatic nitrogens is 2. The van der Waals surface area contributed by atoms with Crippen molar-refractivity contribution in [1.29, 1.82) is 0 Å². The maximum absolute atomic E-state index is 14.7. The summed E-state index contributed by atoms with van der Waals surface area (Å²) in [4.78, 5) is 185. The van der Waals surface area contributed by atoms with Gasteiger partial charge in [0.15, 0.2) is 11.4 Å².